The number of anilines is 1. The molecule has 14 heteroatoms. The molecule has 3 heterocycles. The molecular formula is C16H19N5O7S2. The summed E-state index contributed by atoms with van der Waals surface area (Å²) in [5.41, 5.74) is 4.98. The van der Waals surface area contributed by atoms with Crippen molar-refractivity contribution in [3.05, 3.63) is 21.7 Å². The molecule has 1 aromatic heterocycles. The van der Waals surface area contributed by atoms with Gasteiger partial charge in [0.15, 0.2) is 20.7 Å². The number of carboxylic acid groups (broad SMARTS) is 1. The zero-order chi connectivity index (χ0) is 22.2. The van der Waals surface area contributed by atoms with Crippen molar-refractivity contribution in [3.63, 3.8) is 0 Å². The van der Waals surface area contributed by atoms with Crippen LogP contribution < -0.4 is 11.1 Å². The van der Waals surface area contributed by atoms with Crippen LogP contribution in [0, 0.1) is 0 Å². The van der Waals surface area contributed by atoms with Crippen LogP contribution in [0.25, 0.3) is 0 Å². The molecule has 0 unspecified atom stereocenters. The van der Waals surface area contributed by atoms with Gasteiger partial charge in [0, 0.05) is 5.38 Å². The minimum atomic E-state index is -3.79. The highest BCUT2D eigenvalue weighted by Gasteiger charge is 2.55. The Kier molecular flexibility index (Phi) is 5.81. The number of hydrogen-bond donors (Lipinski definition) is 3. The van der Waals surface area contributed by atoms with E-state index in [1.165, 1.54) is 19.4 Å². The first-order valence-electron chi connectivity index (χ1n) is 8.78. The van der Waals surface area contributed by atoms with Crippen molar-refractivity contribution in [1.82, 2.24) is 15.2 Å². The molecule has 0 aromatic carbocycles. The van der Waals surface area contributed by atoms with Crippen molar-refractivity contribution in [1.29, 1.82) is 0 Å². The molecule has 30 heavy (non-hydrogen) atoms. The molecule has 12 nitrogen and oxygen atoms in total. The van der Waals surface area contributed by atoms with Crippen LogP contribution in [0.2, 0.25) is 0 Å². The smallest absolute Gasteiger partial charge is 0.353 e. The normalized spacial score (nSPS) is 21.7. The van der Waals surface area contributed by atoms with Crippen LogP contribution in [0.3, 0.4) is 0 Å². The Balaban J connectivity index is 1.85. The van der Waals surface area contributed by atoms with Gasteiger partial charge in [-0.1, -0.05) is 12.1 Å². The number of aliphatic carboxylic acids is 1. The molecule has 0 aliphatic carbocycles. The lowest BCUT2D eigenvalue weighted by Gasteiger charge is -2.49. The number of nitrogens with two attached hydrogens (primary N) is 1. The summed E-state index contributed by atoms with van der Waals surface area (Å²) in [6, 6.07) is -1.72. The predicted molar refractivity (Wildman–Crippen MR) is 106 cm³/mol. The fourth-order valence-electron chi connectivity index (χ4n) is 3.41. The quantitative estimate of drug-likeness (QED) is 0.271. The Bertz CT molecular complexity index is 1080. The van der Waals surface area contributed by atoms with Gasteiger partial charge in [-0.2, -0.15) is 0 Å². The number of nitrogens with one attached hydrogen (secondary N) is 1. The van der Waals surface area contributed by atoms with E-state index in [1.54, 1.807) is 0 Å². The van der Waals surface area contributed by atoms with Gasteiger partial charge in [-0.25, -0.2) is 18.2 Å². The first kappa shape index (κ1) is 21.7. The van der Waals surface area contributed by atoms with Crippen molar-refractivity contribution in [2.24, 2.45) is 5.16 Å². The molecule has 2 amide bonds. The molecule has 4 N–H and O–H groups in total. The summed E-state index contributed by atoms with van der Waals surface area (Å²) in [7, 11) is -2.56. The largest absolute Gasteiger partial charge is 0.477 e. The van der Waals surface area contributed by atoms with Crippen molar-refractivity contribution in [2.75, 3.05) is 18.6 Å². The molecule has 0 saturated carbocycles. The molecule has 2 aliphatic rings. The Morgan fingerprint density at radius 3 is 2.73 bits per heavy atom. The second-order valence-corrected chi connectivity index (χ2v) is 9.63. The van der Waals surface area contributed by atoms with Crippen molar-refractivity contribution in [3.8, 4) is 0 Å². The fourth-order valence-corrected chi connectivity index (χ4v) is 5.21. The summed E-state index contributed by atoms with van der Waals surface area (Å²) < 4.78 is 24.5. The van der Waals surface area contributed by atoms with Gasteiger partial charge >= 0.3 is 5.97 Å². The number of carboxylic acids is 1. The molecule has 0 spiro atoms. The number of oxime groups is 1. The van der Waals surface area contributed by atoms with Gasteiger partial charge in [-0.05, 0) is 12.8 Å². The van der Waals surface area contributed by atoms with Crippen LogP contribution in [-0.4, -0.2) is 71.8 Å². The highest BCUT2D eigenvalue weighted by molar-refractivity contribution is 7.95. The Hall–Kier alpha value is -3.00. The monoisotopic (exact) mass is 457 g/mol. The third kappa shape index (κ3) is 3.63. The number of thiazole rings is 1. The number of hydrogen-bond acceptors (Lipinski definition) is 10. The summed E-state index contributed by atoms with van der Waals surface area (Å²) in [6.45, 7) is 1.40. The topological polar surface area (TPSA) is 181 Å². The molecule has 162 valence electrons. The lowest BCUT2D eigenvalue weighted by atomic mass is 9.86. The number of β-lactam (4-membered cyclic amide) rings is 1. The Labute approximate surface area is 175 Å². The Morgan fingerprint density at radius 1 is 1.50 bits per heavy atom. The number of allylic oxidation sites excluding steroid dienone is 1. The van der Waals surface area contributed by atoms with Crippen LogP contribution in [-0.2, 0) is 29.1 Å². The van der Waals surface area contributed by atoms with E-state index >= 15 is 0 Å². The second-order valence-electron chi connectivity index (χ2n) is 6.44. The SMILES string of the molecule is CCS(=O)(=O)C1=C(C(=O)O)N2C(=O)[C@@H](NC(=O)/C(=N/OC)c3csc(N)n3)[C@H]2CC1. The van der Waals surface area contributed by atoms with Crippen LogP contribution in [0.5, 0.6) is 0 Å². The number of carbonyl (C=O) groups excluding carboxylic acids is 2. The van der Waals surface area contributed by atoms with Crippen molar-refractivity contribution < 1.29 is 32.7 Å². The summed E-state index contributed by atoms with van der Waals surface area (Å²) in [6.07, 6.45) is 0.142. The zero-order valence-corrected chi connectivity index (χ0v) is 17.6. The van der Waals surface area contributed by atoms with E-state index in [9.17, 15) is 27.9 Å². The van der Waals surface area contributed by atoms with Gasteiger partial charge in [0.2, 0.25) is 0 Å². The molecule has 2 atom stereocenters. The zero-order valence-electron chi connectivity index (χ0n) is 16.0. The maximum atomic E-state index is 12.7. The predicted octanol–water partition coefficient (Wildman–Crippen LogP) is -0.704. The van der Waals surface area contributed by atoms with Gasteiger partial charge in [-0.3, -0.25) is 14.5 Å². The average Bonchev–Trinajstić information content (AvgIpc) is 3.14. The highest BCUT2D eigenvalue weighted by Crippen LogP contribution is 2.38. The molecule has 1 fully saturated rings. The maximum Gasteiger partial charge on any atom is 0.353 e. The van der Waals surface area contributed by atoms with Crippen molar-refractivity contribution >= 4 is 49.8 Å². The number of aromatic nitrogens is 1. The minimum Gasteiger partial charge on any atom is -0.477 e. The van der Waals surface area contributed by atoms with E-state index in [4.69, 9.17) is 5.73 Å². The summed E-state index contributed by atoms with van der Waals surface area (Å²) in [4.78, 5) is 46.3. The molecule has 1 saturated heterocycles. The van der Waals surface area contributed by atoms with E-state index in [1.807, 2.05) is 0 Å². The fraction of sp³-hybridized carbons (Fsp3) is 0.438. The number of rotatable bonds is 7. The Morgan fingerprint density at radius 2 is 2.20 bits per heavy atom. The average molecular weight is 457 g/mol. The molecule has 0 bridgehead atoms. The van der Waals surface area contributed by atoms with E-state index in [0.717, 1.165) is 16.2 Å². The first-order valence-corrected chi connectivity index (χ1v) is 11.3. The molecule has 3 rings (SSSR count). The van der Waals surface area contributed by atoms with Gasteiger partial charge in [0.05, 0.1) is 16.7 Å². The van der Waals surface area contributed by atoms with Crippen LogP contribution in [0.4, 0.5) is 5.13 Å². The number of nitrogen functional groups attached to an aromatic ring is 1. The van der Waals surface area contributed by atoms with E-state index in [-0.39, 0.29) is 40.0 Å². The number of carbonyl (C=O) groups is 3. The van der Waals surface area contributed by atoms with Gasteiger partial charge in [-0.15, -0.1) is 11.3 Å². The molecule has 2 aliphatic heterocycles. The van der Waals surface area contributed by atoms with E-state index in [0.29, 0.717) is 0 Å². The third-order valence-corrected chi connectivity index (χ3v) is 7.38. The number of sulfone groups is 1. The summed E-state index contributed by atoms with van der Waals surface area (Å²) in [5.74, 6) is -3.26. The minimum absolute atomic E-state index is 0.0414. The summed E-state index contributed by atoms with van der Waals surface area (Å²) >= 11 is 1.09. The van der Waals surface area contributed by atoms with E-state index in [2.05, 4.69) is 20.3 Å². The summed E-state index contributed by atoms with van der Waals surface area (Å²) in [5, 5.41) is 17.4. The van der Waals surface area contributed by atoms with Crippen molar-refractivity contribution in [2.45, 2.75) is 31.8 Å². The standard InChI is InChI=1S/C16H19N5O7S2/c1-3-30(26,27)9-5-4-8-11(14(23)21(8)12(9)15(24)25)19-13(22)10(20-28-2)7-6-29-16(17)18-7/h6,8,11H,3-5H2,1-2H3,(H2,17,18)(H,19,22)(H,24,25)/b20-10+/t8-,11+/m1/s1. The van der Waals surface area contributed by atoms with Gasteiger partial charge in [0.25, 0.3) is 11.8 Å². The number of amides is 2. The second kappa shape index (κ2) is 8.02. The van der Waals surface area contributed by atoms with Crippen LogP contribution >= 0.6 is 11.3 Å². The van der Waals surface area contributed by atoms with Crippen LogP contribution in [0.15, 0.2) is 21.1 Å². The lowest BCUT2D eigenvalue weighted by molar-refractivity contribution is -0.155. The van der Waals surface area contributed by atoms with Crippen LogP contribution in [0.1, 0.15) is 25.5 Å². The van der Waals surface area contributed by atoms with Gasteiger partial charge in [0.1, 0.15) is 24.5 Å². The first-order chi connectivity index (χ1) is 14.1. The van der Waals surface area contributed by atoms with E-state index < -0.39 is 45.4 Å². The molecular weight excluding hydrogens is 438 g/mol. The third-order valence-electron chi connectivity index (χ3n) is 4.80. The molecule has 1 aromatic rings. The highest BCUT2D eigenvalue weighted by atomic mass is 32.2. The molecule has 0 radical (unpaired) electrons. The lowest BCUT2D eigenvalue weighted by Crippen LogP contribution is -2.72. The van der Waals surface area contributed by atoms with Gasteiger partial charge < -0.3 is 21.0 Å². The maximum absolute atomic E-state index is 12.7. The number of fused-ring (bicyclic) bond motifs is 1. The number of nitrogens with zero attached hydrogens (tertiary/aromatic N) is 3.